The van der Waals surface area contributed by atoms with E-state index in [1.807, 2.05) is 6.92 Å². The zero-order valence-electron chi connectivity index (χ0n) is 13.2. The van der Waals surface area contributed by atoms with Crippen molar-refractivity contribution in [2.24, 2.45) is 5.73 Å². The van der Waals surface area contributed by atoms with Crippen LogP contribution in [-0.4, -0.2) is 12.1 Å². The van der Waals surface area contributed by atoms with Crippen LogP contribution in [0.3, 0.4) is 0 Å². The maximum Gasteiger partial charge on any atom is 0.416 e. The van der Waals surface area contributed by atoms with Gasteiger partial charge >= 0.3 is 6.18 Å². The van der Waals surface area contributed by atoms with Crippen LogP contribution in [-0.2, 0) is 6.18 Å². The highest BCUT2D eigenvalue weighted by Crippen LogP contribution is 2.29. The Morgan fingerprint density at radius 3 is 2.50 bits per heavy atom. The number of hydrogen-bond donors (Lipinski definition) is 3. The van der Waals surface area contributed by atoms with Gasteiger partial charge < -0.3 is 16.4 Å². The summed E-state index contributed by atoms with van der Waals surface area (Å²) in [5.74, 6) is -0.614. The molecule has 0 radical (unpaired) electrons. The van der Waals surface area contributed by atoms with Gasteiger partial charge in [0, 0.05) is 16.9 Å². The minimum atomic E-state index is -4.49. The van der Waals surface area contributed by atoms with Crippen molar-refractivity contribution in [1.29, 1.82) is 0 Å². The quantitative estimate of drug-likeness (QED) is 0.739. The van der Waals surface area contributed by atoms with Crippen LogP contribution >= 0.6 is 0 Å². The zero-order chi connectivity index (χ0) is 17.9. The van der Waals surface area contributed by atoms with Gasteiger partial charge in [-0.05, 0) is 49.7 Å². The summed E-state index contributed by atoms with van der Waals surface area (Å²) in [5, 5.41) is 5.62. The Morgan fingerprint density at radius 1 is 1.17 bits per heavy atom. The van der Waals surface area contributed by atoms with Crippen molar-refractivity contribution in [3.8, 4) is 0 Å². The molecular weight excluding hydrogens is 319 g/mol. The fraction of sp³-hybridized carbons (Fsp3) is 0.235. The maximum atomic E-state index is 12.7. The smallest absolute Gasteiger partial charge is 0.370 e. The van der Waals surface area contributed by atoms with Gasteiger partial charge in [-0.2, -0.15) is 13.2 Å². The predicted octanol–water partition coefficient (Wildman–Crippen LogP) is 3.98. The number of alkyl halides is 3. The van der Waals surface area contributed by atoms with Gasteiger partial charge in [-0.3, -0.25) is 4.79 Å². The number of benzene rings is 2. The van der Waals surface area contributed by atoms with Gasteiger partial charge in [0.1, 0.15) is 0 Å². The number of halogens is 3. The summed E-state index contributed by atoms with van der Waals surface area (Å²) in [7, 11) is 0. The lowest BCUT2D eigenvalue weighted by atomic mass is 10.1. The largest absolute Gasteiger partial charge is 0.416 e. The molecule has 2 aromatic rings. The number of aryl methyl sites for hydroxylation is 1. The van der Waals surface area contributed by atoms with Gasteiger partial charge in [0.2, 0.25) is 0 Å². The van der Waals surface area contributed by atoms with E-state index in [1.54, 1.807) is 25.1 Å². The van der Waals surface area contributed by atoms with Crippen LogP contribution in [0, 0.1) is 6.92 Å². The van der Waals surface area contributed by atoms with Gasteiger partial charge in [0.25, 0.3) is 5.91 Å². The molecule has 4 nitrogen and oxygen atoms in total. The monoisotopic (exact) mass is 337 g/mol. The third-order valence-corrected chi connectivity index (χ3v) is 3.33. The van der Waals surface area contributed by atoms with E-state index >= 15 is 0 Å². The summed E-state index contributed by atoms with van der Waals surface area (Å²) in [6.07, 6.45) is -4.77. The maximum absolute atomic E-state index is 12.7. The highest BCUT2D eigenvalue weighted by molar-refractivity contribution is 6.04. The average Bonchev–Trinajstić information content (AvgIpc) is 2.49. The molecule has 0 aliphatic carbocycles. The minimum Gasteiger partial charge on any atom is -0.370 e. The van der Waals surface area contributed by atoms with Crippen LogP contribution in [0.1, 0.15) is 28.4 Å². The van der Waals surface area contributed by atoms with Crippen molar-refractivity contribution >= 4 is 17.3 Å². The summed E-state index contributed by atoms with van der Waals surface area (Å²) in [6, 6.07) is 9.43. The topological polar surface area (TPSA) is 67.2 Å². The summed E-state index contributed by atoms with van der Waals surface area (Å²) in [6.45, 7) is 3.65. The molecule has 1 amide bonds. The summed E-state index contributed by atoms with van der Waals surface area (Å²) < 4.78 is 38.2. The van der Waals surface area contributed by atoms with Crippen LogP contribution in [0.2, 0.25) is 0 Å². The second-order valence-electron chi connectivity index (χ2n) is 5.50. The van der Waals surface area contributed by atoms with E-state index in [9.17, 15) is 18.0 Å². The molecule has 0 spiro atoms. The Balaban J connectivity index is 2.21. The van der Waals surface area contributed by atoms with Crippen molar-refractivity contribution < 1.29 is 18.0 Å². The third-order valence-electron chi connectivity index (χ3n) is 3.33. The molecule has 1 atom stereocenters. The van der Waals surface area contributed by atoms with Gasteiger partial charge in [-0.25, -0.2) is 0 Å². The molecule has 0 aliphatic heterocycles. The van der Waals surface area contributed by atoms with E-state index in [4.69, 9.17) is 5.73 Å². The lowest BCUT2D eigenvalue weighted by Crippen LogP contribution is -2.25. The van der Waals surface area contributed by atoms with Crippen molar-refractivity contribution in [1.82, 2.24) is 0 Å². The van der Waals surface area contributed by atoms with Crippen LogP contribution < -0.4 is 16.4 Å². The fourth-order valence-corrected chi connectivity index (χ4v) is 2.14. The lowest BCUT2D eigenvalue weighted by Gasteiger charge is -2.15. The van der Waals surface area contributed by atoms with Gasteiger partial charge in [-0.1, -0.05) is 12.1 Å². The standard InChI is InChI=1S/C17H18F3N3O/c1-10-6-7-14(9-15(10)22-11(2)21)23-16(24)12-4-3-5-13(8-12)17(18,19)20/h3-9,11,22H,21H2,1-2H3,(H,23,24). The molecule has 4 N–H and O–H groups in total. The van der Waals surface area contributed by atoms with Crippen LogP contribution in [0.4, 0.5) is 24.5 Å². The molecule has 128 valence electrons. The Morgan fingerprint density at radius 2 is 1.88 bits per heavy atom. The molecule has 0 saturated heterocycles. The Kier molecular flexibility index (Phi) is 5.14. The first-order chi connectivity index (χ1) is 11.2. The molecule has 0 heterocycles. The van der Waals surface area contributed by atoms with E-state index in [1.165, 1.54) is 12.1 Å². The highest BCUT2D eigenvalue weighted by atomic mass is 19.4. The molecule has 7 heteroatoms. The second-order valence-corrected chi connectivity index (χ2v) is 5.50. The number of carbonyl (C=O) groups is 1. The van der Waals surface area contributed by atoms with Crippen LogP contribution in [0.25, 0.3) is 0 Å². The molecular formula is C17H18F3N3O. The van der Waals surface area contributed by atoms with Crippen LogP contribution in [0.5, 0.6) is 0 Å². The molecule has 0 aromatic heterocycles. The second kappa shape index (κ2) is 6.92. The van der Waals surface area contributed by atoms with E-state index in [0.717, 1.165) is 23.4 Å². The number of carbonyl (C=O) groups excluding carboxylic acids is 1. The Bertz CT molecular complexity index is 742. The molecule has 0 bridgehead atoms. The summed E-state index contributed by atoms with van der Waals surface area (Å²) >= 11 is 0. The third kappa shape index (κ3) is 4.48. The minimum absolute atomic E-state index is 0.0629. The predicted molar refractivity (Wildman–Crippen MR) is 87.8 cm³/mol. The first kappa shape index (κ1) is 17.8. The summed E-state index contributed by atoms with van der Waals surface area (Å²) in [5.41, 5.74) is 6.90. The van der Waals surface area contributed by atoms with Gasteiger partial charge in [0.05, 0.1) is 11.7 Å². The zero-order valence-corrected chi connectivity index (χ0v) is 13.2. The SMILES string of the molecule is Cc1ccc(NC(=O)c2cccc(C(F)(F)F)c2)cc1NC(C)N. The number of amides is 1. The van der Waals surface area contributed by atoms with Crippen molar-refractivity contribution in [3.63, 3.8) is 0 Å². The number of nitrogens with one attached hydrogen (secondary N) is 2. The lowest BCUT2D eigenvalue weighted by molar-refractivity contribution is -0.137. The van der Waals surface area contributed by atoms with Crippen molar-refractivity contribution in [2.45, 2.75) is 26.2 Å². The van der Waals surface area contributed by atoms with Crippen LogP contribution in [0.15, 0.2) is 42.5 Å². The normalized spacial score (nSPS) is 12.6. The van der Waals surface area contributed by atoms with Crippen molar-refractivity contribution in [2.75, 3.05) is 10.6 Å². The molecule has 0 aliphatic rings. The fourth-order valence-electron chi connectivity index (χ4n) is 2.14. The molecule has 0 saturated carbocycles. The molecule has 24 heavy (non-hydrogen) atoms. The number of nitrogens with two attached hydrogens (primary N) is 1. The average molecular weight is 337 g/mol. The number of rotatable bonds is 4. The van der Waals surface area contributed by atoms with Crippen molar-refractivity contribution in [3.05, 3.63) is 59.2 Å². The molecule has 0 fully saturated rings. The Labute approximate surface area is 137 Å². The molecule has 2 rings (SSSR count). The van der Waals surface area contributed by atoms with Gasteiger partial charge in [0.15, 0.2) is 0 Å². The highest BCUT2D eigenvalue weighted by Gasteiger charge is 2.30. The first-order valence-electron chi connectivity index (χ1n) is 7.28. The molecule has 1 unspecified atom stereocenters. The van der Waals surface area contributed by atoms with E-state index in [-0.39, 0.29) is 11.7 Å². The van der Waals surface area contributed by atoms with E-state index in [0.29, 0.717) is 5.69 Å². The number of anilines is 2. The summed E-state index contributed by atoms with van der Waals surface area (Å²) in [4.78, 5) is 12.2. The first-order valence-corrected chi connectivity index (χ1v) is 7.28. The van der Waals surface area contributed by atoms with Gasteiger partial charge in [-0.15, -0.1) is 0 Å². The molecule has 2 aromatic carbocycles. The van der Waals surface area contributed by atoms with E-state index < -0.39 is 17.6 Å². The Hall–Kier alpha value is -2.54. The van der Waals surface area contributed by atoms with E-state index in [2.05, 4.69) is 10.6 Å². The number of hydrogen-bond acceptors (Lipinski definition) is 3.